The van der Waals surface area contributed by atoms with Crippen molar-refractivity contribution in [2.75, 3.05) is 5.32 Å². The lowest BCUT2D eigenvalue weighted by atomic mass is 10.2. The van der Waals surface area contributed by atoms with Gasteiger partial charge < -0.3 is 15.5 Å². The number of amides is 1. The van der Waals surface area contributed by atoms with E-state index in [9.17, 15) is 4.79 Å². The molecule has 0 saturated heterocycles. The van der Waals surface area contributed by atoms with Gasteiger partial charge in [-0.1, -0.05) is 23.8 Å². The van der Waals surface area contributed by atoms with Crippen LogP contribution >= 0.6 is 0 Å². The van der Waals surface area contributed by atoms with E-state index in [0.29, 0.717) is 11.4 Å². The van der Waals surface area contributed by atoms with Crippen molar-refractivity contribution >= 4 is 11.6 Å². The number of hydrogen-bond donors (Lipinski definition) is 3. The third-order valence-electron chi connectivity index (χ3n) is 2.20. The zero-order chi connectivity index (χ0) is 14.3. The van der Waals surface area contributed by atoms with E-state index in [-0.39, 0.29) is 11.7 Å². The number of carbonyl (C=O) groups excluding carboxylic acids is 1. The van der Waals surface area contributed by atoms with E-state index in [1.54, 1.807) is 30.3 Å². The molecule has 2 rings (SSSR count). The van der Waals surface area contributed by atoms with Gasteiger partial charge in [-0.25, -0.2) is 0 Å². The molecule has 0 radical (unpaired) electrons. The number of aromatic hydroxyl groups is 2. The molecule has 0 aliphatic carbocycles. The summed E-state index contributed by atoms with van der Waals surface area (Å²) in [4.78, 5) is 10.5. The molecule has 2 aromatic carbocycles. The minimum atomic E-state index is -0.143. The fourth-order valence-corrected chi connectivity index (χ4v) is 1.33. The standard InChI is InChI=1S/C8H9NO2.C7H8O/c1-6(10)9-7-3-2-4-8(11)5-7;1-6-2-4-7(8)5-3-6/h2-5,11H,1H3,(H,9,10);2-5,8H,1H3. The highest BCUT2D eigenvalue weighted by Gasteiger charge is 1.94. The van der Waals surface area contributed by atoms with Crippen molar-refractivity contribution in [3.8, 4) is 11.5 Å². The predicted molar refractivity (Wildman–Crippen MR) is 75.3 cm³/mol. The van der Waals surface area contributed by atoms with Crippen molar-refractivity contribution < 1.29 is 15.0 Å². The van der Waals surface area contributed by atoms with Gasteiger partial charge in [0.05, 0.1) is 0 Å². The zero-order valence-corrected chi connectivity index (χ0v) is 10.9. The van der Waals surface area contributed by atoms with Crippen molar-refractivity contribution in [3.63, 3.8) is 0 Å². The molecule has 0 aliphatic rings. The number of carbonyl (C=O) groups is 1. The Morgan fingerprint density at radius 3 is 2.11 bits per heavy atom. The topological polar surface area (TPSA) is 69.6 Å². The molecule has 0 bridgehead atoms. The van der Waals surface area contributed by atoms with Crippen LogP contribution in [0.2, 0.25) is 0 Å². The molecule has 0 unspecified atom stereocenters. The normalized spacial score (nSPS) is 9.16. The molecule has 4 heteroatoms. The van der Waals surface area contributed by atoms with Gasteiger partial charge in [0.25, 0.3) is 0 Å². The number of phenolic OH excluding ortho intramolecular Hbond substituents is 2. The van der Waals surface area contributed by atoms with E-state index >= 15 is 0 Å². The first-order valence-corrected chi connectivity index (χ1v) is 5.79. The van der Waals surface area contributed by atoms with Gasteiger partial charge in [0, 0.05) is 18.7 Å². The Bertz CT molecular complexity index is 514. The van der Waals surface area contributed by atoms with Crippen LogP contribution in [0.4, 0.5) is 5.69 Å². The first-order chi connectivity index (χ1) is 8.97. The Hall–Kier alpha value is -2.49. The molecule has 100 valence electrons. The Kier molecular flexibility index (Phi) is 5.41. The third-order valence-corrected chi connectivity index (χ3v) is 2.20. The molecule has 1 amide bonds. The summed E-state index contributed by atoms with van der Waals surface area (Å²) in [6.45, 7) is 3.41. The van der Waals surface area contributed by atoms with Gasteiger partial charge in [-0.15, -0.1) is 0 Å². The largest absolute Gasteiger partial charge is 0.508 e. The summed E-state index contributed by atoms with van der Waals surface area (Å²) in [7, 11) is 0. The number of rotatable bonds is 1. The maximum Gasteiger partial charge on any atom is 0.221 e. The third kappa shape index (κ3) is 6.12. The van der Waals surface area contributed by atoms with Crippen LogP contribution < -0.4 is 5.32 Å². The van der Waals surface area contributed by atoms with Crippen LogP contribution in [-0.4, -0.2) is 16.1 Å². The number of benzene rings is 2. The lowest BCUT2D eigenvalue weighted by Gasteiger charge is -2.00. The summed E-state index contributed by atoms with van der Waals surface area (Å²) in [6, 6.07) is 13.5. The molecular weight excluding hydrogens is 242 g/mol. The van der Waals surface area contributed by atoms with Crippen molar-refractivity contribution in [3.05, 3.63) is 54.1 Å². The SMILES string of the molecule is CC(=O)Nc1cccc(O)c1.Cc1ccc(O)cc1. The molecule has 0 aliphatic heterocycles. The lowest BCUT2D eigenvalue weighted by molar-refractivity contribution is -0.114. The minimum Gasteiger partial charge on any atom is -0.508 e. The number of hydrogen-bond acceptors (Lipinski definition) is 3. The van der Waals surface area contributed by atoms with Gasteiger partial charge in [-0.2, -0.15) is 0 Å². The molecule has 19 heavy (non-hydrogen) atoms. The van der Waals surface area contributed by atoms with Crippen LogP contribution in [0, 0.1) is 6.92 Å². The van der Waals surface area contributed by atoms with Crippen LogP contribution in [0.15, 0.2) is 48.5 Å². The van der Waals surface area contributed by atoms with E-state index in [0.717, 1.165) is 0 Å². The van der Waals surface area contributed by atoms with Crippen molar-refractivity contribution in [2.24, 2.45) is 0 Å². The van der Waals surface area contributed by atoms with E-state index in [1.165, 1.54) is 18.6 Å². The maximum atomic E-state index is 10.5. The number of nitrogens with one attached hydrogen (secondary N) is 1. The van der Waals surface area contributed by atoms with Crippen molar-refractivity contribution in [2.45, 2.75) is 13.8 Å². The summed E-state index contributed by atoms with van der Waals surface area (Å²) in [5, 5.41) is 20.3. The fourth-order valence-electron chi connectivity index (χ4n) is 1.33. The molecule has 4 nitrogen and oxygen atoms in total. The Morgan fingerprint density at radius 1 is 1.00 bits per heavy atom. The second-order valence-electron chi connectivity index (χ2n) is 4.07. The van der Waals surface area contributed by atoms with E-state index < -0.39 is 0 Å². The summed E-state index contributed by atoms with van der Waals surface area (Å²) < 4.78 is 0. The quantitative estimate of drug-likeness (QED) is 0.737. The second kappa shape index (κ2) is 7.06. The van der Waals surface area contributed by atoms with Gasteiger partial charge in [-0.05, 0) is 31.2 Å². The average Bonchev–Trinajstić information content (AvgIpc) is 2.33. The molecule has 0 heterocycles. The Labute approximate surface area is 112 Å². The summed E-state index contributed by atoms with van der Waals surface area (Å²) in [5.41, 5.74) is 1.78. The first-order valence-electron chi connectivity index (χ1n) is 5.79. The predicted octanol–water partition coefficient (Wildman–Crippen LogP) is 3.05. The highest BCUT2D eigenvalue weighted by Crippen LogP contribution is 2.14. The summed E-state index contributed by atoms with van der Waals surface area (Å²) >= 11 is 0. The molecule has 0 spiro atoms. The first kappa shape index (κ1) is 14.6. The van der Waals surface area contributed by atoms with Crippen LogP contribution in [0.25, 0.3) is 0 Å². The molecule has 0 fully saturated rings. The van der Waals surface area contributed by atoms with Crippen LogP contribution in [0.5, 0.6) is 11.5 Å². The van der Waals surface area contributed by atoms with Gasteiger partial charge in [-0.3, -0.25) is 4.79 Å². The summed E-state index contributed by atoms with van der Waals surface area (Å²) in [6.07, 6.45) is 0. The smallest absolute Gasteiger partial charge is 0.221 e. The van der Waals surface area contributed by atoms with E-state index in [2.05, 4.69) is 5.32 Å². The molecular formula is C15H17NO3. The highest BCUT2D eigenvalue weighted by atomic mass is 16.3. The number of anilines is 1. The molecule has 2 aromatic rings. The Balaban J connectivity index is 0.000000200. The van der Waals surface area contributed by atoms with Gasteiger partial charge in [0.2, 0.25) is 5.91 Å². The Morgan fingerprint density at radius 2 is 1.63 bits per heavy atom. The maximum absolute atomic E-state index is 10.5. The van der Waals surface area contributed by atoms with Crippen LogP contribution in [-0.2, 0) is 4.79 Å². The van der Waals surface area contributed by atoms with Crippen LogP contribution in [0.1, 0.15) is 12.5 Å². The van der Waals surface area contributed by atoms with Gasteiger partial charge >= 0.3 is 0 Å². The molecule has 0 saturated carbocycles. The average molecular weight is 259 g/mol. The highest BCUT2D eigenvalue weighted by molar-refractivity contribution is 5.88. The zero-order valence-electron chi connectivity index (χ0n) is 10.9. The van der Waals surface area contributed by atoms with Crippen molar-refractivity contribution in [1.29, 1.82) is 0 Å². The molecule has 3 N–H and O–H groups in total. The summed E-state index contributed by atoms with van der Waals surface area (Å²) in [5.74, 6) is 0.336. The van der Waals surface area contributed by atoms with E-state index in [4.69, 9.17) is 10.2 Å². The number of aryl methyl sites for hydroxylation is 1. The van der Waals surface area contributed by atoms with Crippen LogP contribution in [0.3, 0.4) is 0 Å². The molecule has 0 atom stereocenters. The second-order valence-corrected chi connectivity index (χ2v) is 4.07. The number of phenols is 2. The molecule has 0 aromatic heterocycles. The lowest BCUT2D eigenvalue weighted by Crippen LogP contribution is -2.04. The monoisotopic (exact) mass is 259 g/mol. The fraction of sp³-hybridized carbons (Fsp3) is 0.133. The van der Waals surface area contributed by atoms with Crippen molar-refractivity contribution in [1.82, 2.24) is 0 Å². The van der Waals surface area contributed by atoms with E-state index in [1.807, 2.05) is 19.1 Å². The van der Waals surface area contributed by atoms with Gasteiger partial charge in [0.15, 0.2) is 0 Å². The van der Waals surface area contributed by atoms with Gasteiger partial charge in [0.1, 0.15) is 11.5 Å². The minimum absolute atomic E-state index is 0.143.